The van der Waals surface area contributed by atoms with Crippen molar-refractivity contribution in [3.05, 3.63) is 67.1 Å². The van der Waals surface area contributed by atoms with E-state index in [2.05, 4.69) is 21.6 Å². The molecule has 0 aliphatic heterocycles. The van der Waals surface area contributed by atoms with Gasteiger partial charge in [-0.25, -0.2) is 14.5 Å². The van der Waals surface area contributed by atoms with Crippen LogP contribution in [-0.4, -0.2) is 25.7 Å². The number of para-hydroxylation sites is 1. The molecule has 0 radical (unpaired) electrons. The summed E-state index contributed by atoms with van der Waals surface area (Å²) in [6.45, 7) is 3.75. The molecule has 134 valence electrons. The second kappa shape index (κ2) is 6.75. The van der Waals surface area contributed by atoms with Gasteiger partial charge >= 0.3 is 5.97 Å². The average molecular weight is 361 g/mol. The average Bonchev–Trinajstić information content (AvgIpc) is 3.33. The van der Waals surface area contributed by atoms with E-state index in [-0.39, 0.29) is 5.95 Å². The van der Waals surface area contributed by atoms with Crippen molar-refractivity contribution >= 4 is 23.0 Å². The second-order valence-electron chi connectivity index (χ2n) is 5.68. The van der Waals surface area contributed by atoms with Gasteiger partial charge in [-0.3, -0.25) is 0 Å². The van der Waals surface area contributed by atoms with Crippen molar-refractivity contribution in [1.29, 1.82) is 0 Å². The van der Waals surface area contributed by atoms with E-state index in [0.29, 0.717) is 34.8 Å². The highest BCUT2D eigenvalue weighted by molar-refractivity contribution is 5.89. The third-order valence-corrected chi connectivity index (χ3v) is 3.94. The fourth-order valence-electron chi connectivity index (χ4n) is 2.73. The van der Waals surface area contributed by atoms with Crippen molar-refractivity contribution in [2.24, 2.45) is 0 Å². The summed E-state index contributed by atoms with van der Waals surface area (Å²) in [5.41, 5.74) is 7.76. The van der Waals surface area contributed by atoms with E-state index < -0.39 is 5.97 Å². The Morgan fingerprint density at radius 1 is 1.26 bits per heavy atom. The Balaban J connectivity index is 1.76. The monoisotopic (exact) mass is 361 g/mol. The lowest BCUT2D eigenvalue weighted by molar-refractivity contribution is -0.129. The van der Waals surface area contributed by atoms with Crippen LogP contribution in [0.2, 0.25) is 0 Å². The van der Waals surface area contributed by atoms with Crippen LogP contribution in [0.25, 0.3) is 22.5 Å². The molecular formula is C19H15N5O3. The lowest BCUT2D eigenvalue weighted by Gasteiger charge is -2.09. The van der Waals surface area contributed by atoms with E-state index in [9.17, 15) is 4.79 Å². The van der Waals surface area contributed by atoms with Gasteiger partial charge in [0.05, 0.1) is 24.4 Å². The van der Waals surface area contributed by atoms with E-state index >= 15 is 0 Å². The van der Waals surface area contributed by atoms with Crippen molar-refractivity contribution in [3.63, 3.8) is 0 Å². The zero-order valence-electron chi connectivity index (χ0n) is 14.2. The van der Waals surface area contributed by atoms with Crippen molar-refractivity contribution < 1.29 is 13.9 Å². The van der Waals surface area contributed by atoms with Gasteiger partial charge in [-0.1, -0.05) is 24.8 Å². The maximum absolute atomic E-state index is 11.6. The van der Waals surface area contributed by atoms with Gasteiger partial charge in [-0.2, -0.15) is 10.1 Å². The zero-order valence-corrected chi connectivity index (χ0v) is 14.2. The number of carbonyl (C=O) groups is 1. The maximum Gasteiger partial charge on any atom is 0.335 e. The Kier molecular flexibility index (Phi) is 4.13. The minimum absolute atomic E-state index is 0.113. The summed E-state index contributed by atoms with van der Waals surface area (Å²) in [6.07, 6.45) is 4.34. The van der Waals surface area contributed by atoms with Gasteiger partial charge in [-0.05, 0) is 18.2 Å². The van der Waals surface area contributed by atoms with Crippen LogP contribution >= 0.6 is 0 Å². The third-order valence-electron chi connectivity index (χ3n) is 3.94. The number of nitrogens with zero attached hydrogens (tertiary/aromatic N) is 4. The number of nitrogens with two attached hydrogens (primary N) is 1. The van der Waals surface area contributed by atoms with E-state index in [4.69, 9.17) is 14.9 Å². The third kappa shape index (κ3) is 3.15. The number of rotatable bonds is 5. The molecule has 0 aliphatic rings. The molecular weight excluding hydrogens is 346 g/mol. The number of esters is 1. The Hall–Kier alpha value is -3.94. The molecule has 4 rings (SSSR count). The molecule has 8 nitrogen and oxygen atoms in total. The van der Waals surface area contributed by atoms with Crippen LogP contribution in [0, 0.1) is 0 Å². The van der Waals surface area contributed by atoms with Crippen LogP contribution in [0.1, 0.15) is 5.56 Å². The Bertz CT molecular complexity index is 1130. The highest BCUT2D eigenvalue weighted by Gasteiger charge is 2.16. The second-order valence-corrected chi connectivity index (χ2v) is 5.68. The number of hydrogen-bond acceptors (Lipinski definition) is 7. The van der Waals surface area contributed by atoms with Crippen LogP contribution in [0.5, 0.6) is 5.75 Å². The predicted octanol–water partition coefficient (Wildman–Crippen LogP) is 2.81. The quantitative estimate of drug-likeness (QED) is 0.331. The van der Waals surface area contributed by atoms with Gasteiger partial charge in [0.1, 0.15) is 11.4 Å². The summed E-state index contributed by atoms with van der Waals surface area (Å²) in [6, 6.07) is 10.8. The Morgan fingerprint density at radius 3 is 2.89 bits per heavy atom. The number of aromatic nitrogens is 4. The first kappa shape index (κ1) is 16.5. The van der Waals surface area contributed by atoms with Crippen LogP contribution in [0.3, 0.4) is 0 Å². The number of fused-ring (bicyclic) bond motifs is 1. The number of hydrogen-bond donors (Lipinski definition) is 1. The number of anilines is 1. The predicted molar refractivity (Wildman–Crippen MR) is 98.8 cm³/mol. The number of carbonyl (C=O) groups excluding carboxylic acids is 1. The molecule has 0 aliphatic carbocycles. The minimum atomic E-state index is -0.528. The lowest BCUT2D eigenvalue weighted by atomic mass is 10.2. The van der Waals surface area contributed by atoms with Gasteiger partial charge in [0.2, 0.25) is 5.95 Å². The molecule has 3 heterocycles. The number of benzene rings is 1. The number of nitrogen functional groups attached to an aromatic ring is 1. The van der Waals surface area contributed by atoms with Crippen molar-refractivity contribution in [2.75, 3.05) is 5.73 Å². The van der Waals surface area contributed by atoms with E-state index in [0.717, 1.165) is 11.6 Å². The summed E-state index contributed by atoms with van der Waals surface area (Å²) in [4.78, 5) is 20.1. The molecule has 0 bridgehead atoms. The fraction of sp³-hybridized carbons (Fsp3) is 0.0526. The molecule has 0 spiro atoms. The molecule has 1 aromatic carbocycles. The topological polar surface area (TPSA) is 109 Å². The standard InChI is InChI=1S/C19H15N5O3/c1-2-16(25)27-14-7-4-3-6-12(14)11-24-18-13(10-21-24)17(22-19(20)23-18)15-8-5-9-26-15/h2-10H,1,11H2,(H2,20,22,23). The largest absolute Gasteiger partial charge is 0.463 e. The summed E-state index contributed by atoms with van der Waals surface area (Å²) in [5.74, 6) is 0.592. The fourth-order valence-corrected chi connectivity index (χ4v) is 2.73. The first-order valence-electron chi connectivity index (χ1n) is 8.11. The molecule has 0 amide bonds. The molecule has 0 saturated carbocycles. The summed E-state index contributed by atoms with van der Waals surface area (Å²) >= 11 is 0. The van der Waals surface area contributed by atoms with Gasteiger partial charge in [0.25, 0.3) is 0 Å². The van der Waals surface area contributed by atoms with Crippen molar-refractivity contribution in [3.8, 4) is 17.2 Å². The van der Waals surface area contributed by atoms with E-state index in [1.54, 1.807) is 41.4 Å². The molecule has 0 fully saturated rings. The number of ether oxygens (including phenoxy) is 1. The van der Waals surface area contributed by atoms with Gasteiger partial charge in [0.15, 0.2) is 11.4 Å². The molecule has 0 unspecified atom stereocenters. The van der Waals surface area contributed by atoms with E-state index in [1.165, 1.54) is 0 Å². The van der Waals surface area contributed by atoms with Crippen LogP contribution in [0.4, 0.5) is 5.95 Å². The van der Waals surface area contributed by atoms with Gasteiger partial charge in [0, 0.05) is 11.6 Å². The van der Waals surface area contributed by atoms with Crippen LogP contribution in [-0.2, 0) is 11.3 Å². The Morgan fingerprint density at radius 2 is 2.11 bits per heavy atom. The smallest absolute Gasteiger partial charge is 0.335 e. The Labute approximate surface area is 153 Å². The first-order chi connectivity index (χ1) is 13.2. The summed E-state index contributed by atoms with van der Waals surface area (Å²) in [5, 5.41) is 5.11. The first-order valence-corrected chi connectivity index (χ1v) is 8.11. The van der Waals surface area contributed by atoms with Crippen molar-refractivity contribution in [1.82, 2.24) is 19.7 Å². The summed E-state index contributed by atoms with van der Waals surface area (Å²) < 4.78 is 12.4. The normalized spacial score (nSPS) is 10.8. The molecule has 0 atom stereocenters. The highest BCUT2D eigenvalue weighted by atomic mass is 16.5. The highest BCUT2D eigenvalue weighted by Crippen LogP contribution is 2.28. The van der Waals surface area contributed by atoms with E-state index in [1.807, 2.05) is 12.1 Å². The molecule has 8 heteroatoms. The van der Waals surface area contributed by atoms with Crippen molar-refractivity contribution in [2.45, 2.75) is 6.54 Å². The van der Waals surface area contributed by atoms with Gasteiger partial charge in [-0.15, -0.1) is 0 Å². The molecule has 0 saturated heterocycles. The molecule has 27 heavy (non-hydrogen) atoms. The number of furan rings is 1. The molecule has 3 aromatic heterocycles. The minimum Gasteiger partial charge on any atom is -0.463 e. The van der Waals surface area contributed by atoms with Crippen LogP contribution < -0.4 is 10.5 Å². The zero-order chi connectivity index (χ0) is 18.8. The lowest BCUT2D eigenvalue weighted by Crippen LogP contribution is -2.09. The summed E-state index contributed by atoms with van der Waals surface area (Å²) in [7, 11) is 0. The van der Waals surface area contributed by atoms with Gasteiger partial charge < -0.3 is 14.9 Å². The maximum atomic E-state index is 11.6. The SMILES string of the molecule is C=CC(=O)Oc1ccccc1Cn1ncc2c(-c3ccco3)nc(N)nc21. The molecule has 2 N–H and O–H groups in total. The van der Waals surface area contributed by atoms with Crippen LogP contribution in [0.15, 0.2) is 65.9 Å². The molecule has 4 aromatic rings.